The SMILES string of the molecule is CC(C(=O)NC1CCN(C(=O)C2CC2)CC1)C1CNC1. The third kappa shape index (κ3) is 2.97. The Kier molecular flexibility index (Phi) is 3.96. The molecule has 2 aliphatic heterocycles. The van der Waals surface area contributed by atoms with Gasteiger partial charge in [-0.25, -0.2) is 0 Å². The van der Waals surface area contributed by atoms with Crippen LogP contribution in [0.3, 0.4) is 0 Å². The van der Waals surface area contributed by atoms with Crippen molar-refractivity contribution in [3.63, 3.8) is 0 Å². The molecule has 20 heavy (non-hydrogen) atoms. The molecule has 5 heteroatoms. The second kappa shape index (κ2) is 5.72. The predicted octanol–water partition coefficient (Wildman–Crippen LogP) is 0.359. The van der Waals surface area contributed by atoms with Gasteiger partial charge in [0, 0.05) is 31.0 Å². The molecule has 1 atom stereocenters. The Bertz CT molecular complexity index is 383. The third-order valence-electron chi connectivity index (χ3n) is 5.01. The van der Waals surface area contributed by atoms with Gasteiger partial charge in [-0.2, -0.15) is 0 Å². The molecule has 0 aromatic heterocycles. The zero-order chi connectivity index (χ0) is 14.1. The Morgan fingerprint density at radius 1 is 1.15 bits per heavy atom. The third-order valence-corrected chi connectivity index (χ3v) is 5.01. The molecule has 1 saturated carbocycles. The van der Waals surface area contributed by atoms with Gasteiger partial charge in [0.25, 0.3) is 0 Å². The zero-order valence-corrected chi connectivity index (χ0v) is 12.2. The minimum absolute atomic E-state index is 0.0994. The van der Waals surface area contributed by atoms with Crippen molar-refractivity contribution in [2.75, 3.05) is 26.2 Å². The number of hydrogen-bond donors (Lipinski definition) is 2. The molecule has 0 aromatic carbocycles. The van der Waals surface area contributed by atoms with Crippen LogP contribution in [-0.2, 0) is 9.59 Å². The summed E-state index contributed by atoms with van der Waals surface area (Å²) in [6, 6.07) is 0.251. The first-order valence-corrected chi connectivity index (χ1v) is 7.95. The quantitative estimate of drug-likeness (QED) is 0.781. The molecule has 1 aliphatic carbocycles. The van der Waals surface area contributed by atoms with Crippen molar-refractivity contribution < 1.29 is 9.59 Å². The van der Waals surface area contributed by atoms with Gasteiger partial charge in [0.05, 0.1) is 0 Å². The summed E-state index contributed by atoms with van der Waals surface area (Å²) < 4.78 is 0. The highest BCUT2D eigenvalue weighted by Crippen LogP contribution is 2.31. The number of amides is 2. The average molecular weight is 279 g/mol. The van der Waals surface area contributed by atoms with E-state index in [0.29, 0.717) is 17.7 Å². The van der Waals surface area contributed by atoms with Gasteiger partial charge in [0.15, 0.2) is 0 Å². The molecular weight excluding hydrogens is 254 g/mol. The number of rotatable bonds is 4. The Morgan fingerprint density at radius 2 is 1.80 bits per heavy atom. The lowest BCUT2D eigenvalue weighted by molar-refractivity contribution is -0.134. The molecule has 1 unspecified atom stereocenters. The van der Waals surface area contributed by atoms with E-state index >= 15 is 0 Å². The van der Waals surface area contributed by atoms with Crippen LogP contribution < -0.4 is 10.6 Å². The summed E-state index contributed by atoms with van der Waals surface area (Å²) >= 11 is 0. The van der Waals surface area contributed by atoms with Gasteiger partial charge < -0.3 is 15.5 Å². The molecule has 0 radical (unpaired) electrons. The van der Waals surface area contributed by atoms with Gasteiger partial charge in [-0.05, 0) is 44.7 Å². The summed E-state index contributed by atoms with van der Waals surface area (Å²) in [5, 5.41) is 6.38. The van der Waals surface area contributed by atoms with Gasteiger partial charge in [-0.15, -0.1) is 0 Å². The van der Waals surface area contributed by atoms with Gasteiger partial charge in [-0.3, -0.25) is 9.59 Å². The summed E-state index contributed by atoms with van der Waals surface area (Å²) in [5.74, 6) is 1.42. The Labute approximate surface area is 120 Å². The number of nitrogens with one attached hydrogen (secondary N) is 2. The molecule has 2 amide bonds. The Morgan fingerprint density at radius 3 is 2.30 bits per heavy atom. The van der Waals surface area contributed by atoms with Crippen molar-refractivity contribution >= 4 is 11.8 Å². The van der Waals surface area contributed by atoms with Crippen molar-refractivity contribution in [3.8, 4) is 0 Å². The highest BCUT2D eigenvalue weighted by atomic mass is 16.2. The van der Waals surface area contributed by atoms with Crippen LogP contribution >= 0.6 is 0 Å². The Balaban J connectivity index is 1.41. The van der Waals surface area contributed by atoms with Crippen molar-refractivity contribution in [2.45, 2.75) is 38.6 Å². The maximum atomic E-state index is 12.2. The van der Waals surface area contributed by atoms with Crippen LogP contribution in [0.25, 0.3) is 0 Å². The molecule has 2 N–H and O–H groups in total. The fourth-order valence-corrected chi connectivity index (χ4v) is 3.04. The van der Waals surface area contributed by atoms with E-state index < -0.39 is 0 Å². The number of likely N-dealkylation sites (tertiary alicyclic amines) is 1. The highest BCUT2D eigenvalue weighted by molar-refractivity contribution is 5.81. The molecule has 0 aromatic rings. The van der Waals surface area contributed by atoms with E-state index in [9.17, 15) is 9.59 Å². The van der Waals surface area contributed by atoms with Crippen molar-refractivity contribution in [2.24, 2.45) is 17.8 Å². The van der Waals surface area contributed by atoms with Crippen LogP contribution in [0.15, 0.2) is 0 Å². The van der Waals surface area contributed by atoms with Gasteiger partial charge in [0.1, 0.15) is 0 Å². The first kappa shape index (κ1) is 13.9. The lowest BCUT2D eigenvalue weighted by Gasteiger charge is -2.35. The first-order valence-electron chi connectivity index (χ1n) is 7.95. The van der Waals surface area contributed by atoms with E-state index in [1.165, 1.54) is 0 Å². The van der Waals surface area contributed by atoms with Crippen LogP contribution in [0.5, 0.6) is 0 Å². The first-order chi connectivity index (χ1) is 9.65. The molecular formula is C15H25N3O2. The molecule has 2 heterocycles. The number of carbonyl (C=O) groups excluding carboxylic acids is 2. The van der Waals surface area contributed by atoms with Crippen LogP contribution in [0, 0.1) is 17.8 Å². The molecule has 0 bridgehead atoms. The van der Waals surface area contributed by atoms with E-state index in [2.05, 4.69) is 10.6 Å². The zero-order valence-electron chi connectivity index (χ0n) is 12.2. The maximum Gasteiger partial charge on any atom is 0.225 e. The van der Waals surface area contributed by atoms with Gasteiger partial charge in [-0.1, -0.05) is 6.92 Å². The predicted molar refractivity (Wildman–Crippen MR) is 76.0 cm³/mol. The van der Waals surface area contributed by atoms with Crippen LogP contribution in [0.1, 0.15) is 32.6 Å². The van der Waals surface area contributed by atoms with Crippen LogP contribution in [0.4, 0.5) is 0 Å². The van der Waals surface area contributed by atoms with Crippen molar-refractivity contribution in [1.82, 2.24) is 15.5 Å². The Hall–Kier alpha value is -1.10. The molecule has 0 spiro atoms. The molecule has 3 rings (SSSR count). The van der Waals surface area contributed by atoms with E-state index in [1.54, 1.807) is 0 Å². The van der Waals surface area contributed by atoms with E-state index in [4.69, 9.17) is 0 Å². The monoisotopic (exact) mass is 279 g/mol. The number of piperidine rings is 1. The minimum atomic E-state index is 0.0994. The fraction of sp³-hybridized carbons (Fsp3) is 0.867. The summed E-state index contributed by atoms with van der Waals surface area (Å²) in [4.78, 5) is 26.1. The highest BCUT2D eigenvalue weighted by Gasteiger charge is 2.35. The molecule has 2 saturated heterocycles. The lowest BCUT2D eigenvalue weighted by Crippen LogP contribution is -2.52. The maximum absolute atomic E-state index is 12.2. The summed E-state index contributed by atoms with van der Waals surface area (Å²) in [6.45, 7) is 5.55. The molecule has 3 aliphatic rings. The van der Waals surface area contributed by atoms with Crippen LogP contribution in [-0.4, -0.2) is 48.9 Å². The largest absolute Gasteiger partial charge is 0.353 e. The van der Waals surface area contributed by atoms with Crippen LogP contribution in [0.2, 0.25) is 0 Å². The lowest BCUT2D eigenvalue weighted by atomic mass is 9.88. The van der Waals surface area contributed by atoms with Gasteiger partial charge in [0.2, 0.25) is 11.8 Å². The number of nitrogens with zero attached hydrogens (tertiary/aromatic N) is 1. The number of carbonyl (C=O) groups is 2. The van der Waals surface area contributed by atoms with E-state index in [0.717, 1.165) is 51.9 Å². The standard InChI is InChI=1S/C15H25N3O2/c1-10(12-8-16-9-12)14(19)17-13-4-6-18(7-5-13)15(20)11-2-3-11/h10-13,16H,2-9H2,1H3,(H,17,19). The second-order valence-corrected chi connectivity index (χ2v) is 6.59. The smallest absolute Gasteiger partial charge is 0.225 e. The summed E-state index contributed by atoms with van der Waals surface area (Å²) in [5.41, 5.74) is 0. The normalized spacial score (nSPS) is 25.9. The molecule has 112 valence electrons. The fourth-order valence-electron chi connectivity index (χ4n) is 3.04. The van der Waals surface area contributed by atoms with E-state index in [1.807, 2.05) is 11.8 Å². The van der Waals surface area contributed by atoms with Crippen molar-refractivity contribution in [3.05, 3.63) is 0 Å². The summed E-state index contributed by atoms with van der Waals surface area (Å²) in [7, 11) is 0. The molecule has 3 fully saturated rings. The van der Waals surface area contributed by atoms with E-state index in [-0.39, 0.29) is 17.9 Å². The minimum Gasteiger partial charge on any atom is -0.353 e. The average Bonchev–Trinajstić information content (AvgIpc) is 3.21. The second-order valence-electron chi connectivity index (χ2n) is 6.59. The summed E-state index contributed by atoms with van der Waals surface area (Å²) in [6.07, 6.45) is 3.95. The number of hydrogen-bond acceptors (Lipinski definition) is 3. The topological polar surface area (TPSA) is 61.4 Å². The molecule has 5 nitrogen and oxygen atoms in total. The van der Waals surface area contributed by atoms with Crippen molar-refractivity contribution in [1.29, 1.82) is 0 Å². The van der Waals surface area contributed by atoms with Gasteiger partial charge >= 0.3 is 0 Å².